The van der Waals surface area contributed by atoms with Gasteiger partial charge in [0.05, 0.1) is 6.26 Å². The first-order valence-corrected chi connectivity index (χ1v) is 14.3. The summed E-state index contributed by atoms with van der Waals surface area (Å²) in [5.41, 5.74) is 1.11. The maximum absolute atomic E-state index is 16.3. The fraction of sp³-hybridized carbons (Fsp3) is 0.333. The molecule has 3 heterocycles. The van der Waals surface area contributed by atoms with Crippen LogP contribution in [0, 0.1) is 5.82 Å². The van der Waals surface area contributed by atoms with Gasteiger partial charge < -0.3 is 15.3 Å². The van der Waals surface area contributed by atoms with Crippen molar-refractivity contribution in [3.63, 3.8) is 0 Å². The number of nitrogens with one attached hydrogen (secondary N) is 2. The second-order valence-corrected chi connectivity index (χ2v) is 11.8. The number of anilines is 1. The van der Waals surface area contributed by atoms with E-state index in [9.17, 15) is 13.5 Å². The number of benzene rings is 3. The number of nitrogens with zero attached hydrogens (tertiary/aromatic N) is 3. The van der Waals surface area contributed by atoms with Crippen LogP contribution in [0.3, 0.4) is 0 Å². The van der Waals surface area contributed by atoms with Gasteiger partial charge in [0, 0.05) is 49.1 Å². The highest BCUT2D eigenvalue weighted by Gasteiger charge is 2.34. The van der Waals surface area contributed by atoms with Crippen molar-refractivity contribution in [3.8, 4) is 16.9 Å². The number of halogens is 1. The first-order chi connectivity index (χ1) is 17.7. The Morgan fingerprint density at radius 2 is 1.81 bits per heavy atom. The molecule has 0 aliphatic carbocycles. The van der Waals surface area contributed by atoms with Crippen LogP contribution in [0.15, 0.2) is 48.5 Å². The van der Waals surface area contributed by atoms with Gasteiger partial charge in [-0.3, -0.25) is 0 Å². The van der Waals surface area contributed by atoms with Crippen LogP contribution in [0.4, 0.5) is 10.2 Å². The number of sulfonamides is 1. The maximum atomic E-state index is 16.3. The predicted molar refractivity (Wildman–Crippen MR) is 143 cm³/mol. The SMILES string of the molecule is CS(=O)(=O)NCCc1nc(N2CC3CCC(C2)N3)c2ccc(-c3cc(O)cc4ccccc34)c(F)c2n1. The van der Waals surface area contributed by atoms with Crippen LogP contribution in [-0.4, -0.2) is 61.5 Å². The molecule has 1 aromatic heterocycles. The van der Waals surface area contributed by atoms with Crippen LogP contribution < -0.4 is 14.9 Å². The summed E-state index contributed by atoms with van der Waals surface area (Å²) in [7, 11) is -3.37. The second-order valence-electron chi connectivity index (χ2n) is 9.96. The van der Waals surface area contributed by atoms with E-state index in [1.54, 1.807) is 18.2 Å². The summed E-state index contributed by atoms with van der Waals surface area (Å²) in [6, 6.07) is 15.1. The molecule has 2 aliphatic heterocycles. The zero-order valence-corrected chi connectivity index (χ0v) is 21.2. The molecule has 4 aromatic rings. The number of phenols is 1. The number of fused-ring (bicyclic) bond motifs is 4. The molecule has 0 spiro atoms. The van der Waals surface area contributed by atoms with Crippen molar-refractivity contribution in [2.45, 2.75) is 31.3 Å². The lowest BCUT2D eigenvalue weighted by molar-refractivity contribution is 0.464. The summed E-state index contributed by atoms with van der Waals surface area (Å²) in [4.78, 5) is 11.6. The third kappa shape index (κ3) is 4.72. The van der Waals surface area contributed by atoms with E-state index in [4.69, 9.17) is 4.98 Å². The molecule has 0 amide bonds. The molecule has 2 aliphatic rings. The minimum Gasteiger partial charge on any atom is -0.508 e. The first-order valence-electron chi connectivity index (χ1n) is 12.4. The van der Waals surface area contributed by atoms with Gasteiger partial charge in [-0.1, -0.05) is 30.3 Å². The Balaban J connectivity index is 1.50. The summed E-state index contributed by atoms with van der Waals surface area (Å²) in [6.07, 6.45) is 3.52. The topological polar surface area (TPSA) is 107 Å². The minimum atomic E-state index is -3.37. The van der Waals surface area contributed by atoms with Gasteiger partial charge in [0.1, 0.15) is 22.9 Å². The normalized spacial score (nSPS) is 19.7. The minimum absolute atomic E-state index is 0.0559. The lowest BCUT2D eigenvalue weighted by Gasteiger charge is -2.34. The molecule has 3 N–H and O–H groups in total. The van der Waals surface area contributed by atoms with Crippen molar-refractivity contribution >= 4 is 37.5 Å². The van der Waals surface area contributed by atoms with Gasteiger partial charge in [0.25, 0.3) is 0 Å². The fourth-order valence-electron chi connectivity index (χ4n) is 5.59. The van der Waals surface area contributed by atoms with Crippen LogP contribution in [0.5, 0.6) is 5.75 Å². The zero-order valence-electron chi connectivity index (χ0n) is 20.4. The number of aromatic nitrogens is 2. The van der Waals surface area contributed by atoms with Crippen molar-refractivity contribution in [3.05, 3.63) is 60.2 Å². The molecule has 2 saturated heterocycles. The number of hydrogen-bond donors (Lipinski definition) is 3. The molecule has 192 valence electrons. The van der Waals surface area contributed by atoms with Crippen LogP contribution >= 0.6 is 0 Å². The largest absolute Gasteiger partial charge is 0.508 e. The summed E-state index contributed by atoms with van der Waals surface area (Å²) in [5.74, 6) is 0.609. The van der Waals surface area contributed by atoms with E-state index in [0.29, 0.717) is 40.2 Å². The lowest BCUT2D eigenvalue weighted by Crippen LogP contribution is -2.51. The van der Waals surface area contributed by atoms with Gasteiger partial charge in [-0.25, -0.2) is 27.5 Å². The molecule has 37 heavy (non-hydrogen) atoms. The summed E-state index contributed by atoms with van der Waals surface area (Å²) < 4.78 is 41.9. The predicted octanol–water partition coefficient (Wildman–Crippen LogP) is 3.33. The van der Waals surface area contributed by atoms with E-state index in [2.05, 4.69) is 19.9 Å². The molecular formula is C27H28FN5O3S. The van der Waals surface area contributed by atoms with E-state index >= 15 is 4.39 Å². The third-order valence-electron chi connectivity index (χ3n) is 7.20. The molecule has 2 atom stereocenters. The maximum Gasteiger partial charge on any atom is 0.208 e. The van der Waals surface area contributed by atoms with Gasteiger partial charge in [0.15, 0.2) is 5.82 Å². The summed E-state index contributed by atoms with van der Waals surface area (Å²) >= 11 is 0. The number of rotatable bonds is 6. The standard InChI is InChI=1S/C27H28FN5O3S/c1-37(35,36)29-11-10-24-31-26-22(27(32-24)33-14-17-6-7-18(15-33)30-17)9-8-21(25(26)28)23-13-19(34)12-16-4-2-3-5-20(16)23/h2-5,8-9,12-13,17-18,29-30,34H,6-7,10-11,14-15H2,1H3. The van der Waals surface area contributed by atoms with E-state index < -0.39 is 15.8 Å². The Labute approximate surface area is 214 Å². The van der Waals surface area contributed by atoms with E-state index in [1.807, 2.05) is 30.3 Å². The molecule has 0 radical (unpaired) electrons. The van der Waals surface area contributed by atoms with Crippen LogP contribution in [0.2, 0.25) is 0 Å². The van der Waals surface area contributed by atoms with Crippen LogP contribution in [0.1, 0.15) is 18.7 Å². The molecule has 2 fully saturated rings. The molecule has 6 rings (SSSR count). The highest BCUT2D eigenvalue weighted by molar-refractivity contribution is 7.88. The summed E-state index contributed by atoms with van der Waals surface area (Å²) in [5, 5.41) is 16.2. The lowest BCUT2D eigenvalue weighted by atomic mass is 9.96. The molecule has 2 bridgehead atoms. The van der Waals surface area contributed by atoms with Gasteiger partial charge in [-0.05, 0) is 47.4 Å². The van der Waals surface area contributed by atoms with Crippen LogP contribution in [-0.2, 0) is 16.4 Å². The highest BCUT2D eigenvalue weighted by atomic mass is 32.2. The smallest absolute Gasteiger partial charge is 0.208 e. The van der Waals surface area contributed by atoms with Crippen molar-refractivity contribution in [1.29, 1.82) is 0 Å². The van der Waals surface area contributed by atoms with Gasteiger partial charge >= 0.3 is 0 Å². The van der Waals surface area contributed by atoms with Gasteiger partial charge in [0.2, 0.25) is 10.0 Å². The van der Waals surface area contributed by atoms with E-state index in [1.165, 1.54) is 0 Å². The number of hydrogen-bond acceptors (Lipinski definition) is 7. The Hall–Kier alpha value is -3.34. The van der Waals surface area contributed by atoms with Crippen molar-refractivity contribution < 1.29 is 17.9 Å². The van der Waals surface area contributed by atoms with Crippen molar-refractivity contribution in [2.24, 2.45) is 0 Å². The third-order valence-corrected chi connectivity index (χ3v) is 7.93. The van der Waals surface area contributed by atoms with Gasteiger partial charge in [-0.2, -0.15) is 0 Å². The van der Waals surface area contributed by atoms with Crippen molar-refractivity contribution in [1.82, 2.24) is 20.0 Å². The first kappa shape index (κ1) is 24.0. The van der Waals surface area contributed by atoms with E-state index in [0.717, 1.165) is 43.0 Å². The molecule has 0 saturated carbocycles. The fourth-order valence-corrected chi connectivity index (χ4v) is 6.06. The molecular weight excluding hydrogens is 493 g/mol. The Morgan fingerprint density at radius 3 is 2.57 bits per heavy atom. The van der Waals surface area contributed by atoms with Gasteiger partial charge in [-0.15, -0.1) is 0 Å². The monoisotopic (exact) mass is 521 g/mol. The molecule has 10 heteroatoms. The summed E-state index contributed by atoms with van der Waals surface area (Å²) in [6.45, 7) is 1.66. The quantitative estimate of drug-likeness (QED) is 0.357. The average Bonchev–Trinajstić information content (AvgIpc) is 3.20. The number of piperazine rings is 1. The molecule has 8 nitrogen and oxygen atoms in total. The number of aromatic hydroxyl groups is 1. The zero-order chi connectivity index (χ0) is 25.7. The molecule has 2 unspecified atom stereocenters. The Morgan fingerprint density at radius 1 is 1.05 bits per heavy atom. The van der Waals surface area contributed by atoms with Crippen molar-refractivity contribution in [2.75, 3.05) is 30.8 Å². The average molecular weight is 522 g/mol. The number of phenolic OH excluding ortho intramolecular Hbond substituents is 1. The van der Waals surface area contributed by atoms with E-state index in [-0.39, 0.29) is 24.2 Å². The second kappa shape index (κ2) is 9.20. The Bertz CT molecular complexity index is 1620. The van der Waals surface area contributed by atoms with Crippen LogP contribution in [0.25, 0.3) is 32.8 Å². The molecule has 3 aromatic carbocycles. The Kier molecular flexibility index (Phi) is 5.97. The highest BCUT2D eigenvalue weighted by Crippen LogP contribution is 2.38.